The standard InChI is InChI=1S/C21H27N3O3S/c1-24(13-4-5-17-8-10-18(15-22)11-9-17)14-12-23-28(25,26)21-20-7-3-2-6-19(20)16-27-21/h2-3,6-11,16,23H,4-5,12-15,22H2,1H3. The summed E-state index contributed by atoms with van der Waals surface area (Å²) in [5.74, 6) is 0. The maximum absolute atomic E-state index is 12.5. The first-order valence-electron chi connectivity index (χ1n) is 9.42. The molecule has 0 fully saturated rings. The zero-order chi connectivity index (χ0) is 20.0. The van der Waals surface area contributed by atoms with Crippen LogP contribution in [0.4, 0.5) is 0 Å². The van der Waals surface area contributed by atoms with Crippen molar-refractivity contribution in [1.29, 1.82) is 0 Å². The second-order valence-corrected chi connectivity index (χ2v) is 8.60. The van der Waals surface area contributed by atoms with Crippen LogP contribution in [0.1, 0.15) is 17.5 Å². The van der Waals surface area contributed by atoms with Crippen LogP contribution in [0.2, 0.25) is 0 Å². The van der Waals surface area contributed by atoms with Gasteiger partial charge in [-0.2, -0.15) is 0 Å². The van der Waals surface area contributed by atoms with Gasteiger partial charge in [0.25, 0.3) is 10.0 Å². The highest BCUT2D eigenvalue weighted by molar-refractivity contribution is 7.89. The number of likely N-dealkylation sites (N-methyl/N-ethyl adjacent to an activating group) is 1. The molecule has 0 saturated heterocycles. The van der Waals surface area contributed by atoms with E-state index < -0.39 is 10.0 Å². The molecule has 0 spiro atoms. The molecule has 1 heterocycles. The summed E-state index contributed by atoms with van der Waals surface area (Å²) in [5.41, 5.74) is 8.04. The molecule has 0 aliphatic heterocycles. The fourth-order valence-electron chi connectivity index (χ4n) is 3.12. The SMILES string of the molecule is CN(CCCc1ccc(CN)cc1)CCNS(=O)(=O)c1occ2ccccc12. The Balaban J connectivity index is 1.43. The summed E-state index contributed by atoms with van der Waals surface area (Å²) < 4.78 is 32.9. The van der Waals surface area contributed by atoms with Gasteiger partial charge >= 0.3 is 0 Å². The molecule has 0 unspecified atom stereocenters. The molecule has 0 radical (unpaired) electrons. The van der Waals surface area contributed by atoms with E-state index in [1.807, 2.05) is 19.2 Å². The third kappa shape index (κ3) is 5.20. The van der Waals surface area contributed by atoms with Crippen LogP contribution in [0.3, 0.4) is 0 Å². The lowest BCUT2D eigenvalue weighted by molar-refractivity contribution is 0.333. The number of hydrogen-bond donors (Lipinski definition) is 2. The fraction of sp³-hybridized carbons (Fsp3) is 0.333. The number of hydrogen-bond acceptors (Lipinski definition) is 5. The molecule has 3 N–H and O–H groups in total. The Morgan fingerprint density at radius 1 is 1.04 bits per heavy atom. The van der Waals surface area contributed by atoms with Crippen molar-refractivity contribution in [3.8, 4) is 0 Å². The minimum atomic E-state index is -3.66. The Morgan fingerprint density at radius 3 is 2.50 bits per heavy atom. The fourth-order valence-corrected chi connectivity index (χ4v) is 4.26. The molecule has 6 nitrogen and oxygen atoms in total. The number of nitrogens with one attached hydrogen (secondary N) is 1. The van der Waals surface area contributed by atoms with Gasteiger partial charge < -0.3 is 15.1 Å². The lowest BCUT2D eigenvalue weighted by Crippen LogP contribution is -2.33. The minimum absolute atomic E-state index is 0.0216. The molecule has 2 aromatic carbocycles. The van der Waals surface area contributed by atoms with Crippen LogP contribution < -0.4 is 10.5 Å². The molecule has 3 rings (SSSR count). The van der Waals surface area contributed by atoms with E-state index in [-0.39, 0.29) is 5.09 Å². The third-order valence-corrected chi connectivity index (χ3v) is 6.16. The van der Waals surface area contributed by atoms with Crippen LogP contribution in [-0.2, 0) is 23.0 Å². The van der Waals surface area contributed by atoms with Gasteiger partial charge in [0.1, 0.15) is 6.26 Å². The maximum Gasteiger partial charge on any atom is 0.274 e. The van der Waals surface area contributed by atoms with Gasteiger partial charge in [-0.15, -0.1) is 0 Å². The van der Waals surface area contributed by atoms with Crippen molar-refractivity contribution >= 4 is 20.8 Å². The van der Waals surface area contributed by atoms with Crippen LogP contribution in [0.15, 0.2) is 64.3 Å². The molecule has 0 atom stereocenters. The number of aryl methyl sites for hydroxylation is 1. The van der Waals surface area contributed by atoms with E-state index in [1.165, 1.54) is 11.8 Å². The highest BCUT2D eigenvalue weighted by atomic mass is 32.2. The van der Waals surface area contributed by atoms with Crippen LogP contribution in [0, 0.1) is 0 Å². The zero-order valence-electron chi connectivity index (χ0n) is 16.1. The lowest BCUT2D eigenvalue weighted by atomic mass is 10.1. The predicted molar refractivity (Wildman–Crippen MR) is 112 cm³/mol. The number of rotatable bonds is 10. The molecule has 3 aromatic rings. The molecule has 7 heteroatoms. The first-order chi connectivity index (χ1) is 13.5. The minimum Gasteiger partial charge on any atom is -0.450 e. The largest absolute Gasteiger partial charge is 0.450 e. The Kier molecular flexibility index (Phi) is 6.85. The normalized spacial score (nSPS) is 12.1. The first-order valence-corrected chi connectivity index (χ1v) is 10.9. The van der Waals surface area contributed by atoms with E-state index in [4.69, 9.17) is 10.2 Å². The van der Waals surface area contributed by atoms with Crippen LogP contribution >= 0.6 is 0 Å². The summed E-state index contributed by atoms with van der Waals surface area (Å²) in [5, 5.41) is 1.36. The summed E-state index contributed by atoms with van der Waals surface area (Å²) in [6.07, 6.45) is 3.46. The number of sulfonamides is 1. The maximum atomic E-state index is 12.5. The molecule has 1 aromatic heterocycles. The molecule has 0 bridgehead atoms. The zero-order valence-corrected chi connectivity index (χ0v) is 16.9. The number of nitrogens with zero attached hydrogens (tertiary/aromatic N) is 1. The molecule has 0 aliphatic carbocycles. The molecular weight excluding hydrogens is 374 g/mol. The average Bonchev–Trinajstić information content (AvgIpc) is 3.13. The topological polar surface area (TPSA) is 88.6 Å². The monoisotopic (exact) mass is 401 g/mol. The Labute approximate surface area is 166 Å². The van der Waals surface area contributed by atoms with Gasteiger partial charge in [-0.05, 0) is 43.6 Å². The molecular formula is C21H27N3O3S. The van der Waals surface area contributed by atoms with Crippen molar-refractivity contribution in [1.82, 2.24) is 9.62 Å². The van der Waals surface area contributed by atoms with Crippen molar-refractivity contribution in [2.75, 3.05) is 26.7 Å². The smallest absolute Gasteiger partial charge is 0.274 e. The van der Waals surface area contributed by atoms with Gasteiger partial charge in [-0.1, -0.05) is 42.5 Å². The van der Waals surface area contributed by atoms with Gasteiger partial charge in [0.15, 0.2) is 0 Å². The molecule has 0 saturated carbocycles. The number of nitrogens with two attached hydrogens (primary N) is 1. The Morgan fingerprint density at radius 2 is 1.75 bits per heavy atom. The predicted octanol–water partition coefficient (Wildman–Crippen LogP) is 2.73. The van der Waals surface area contributed by atoms with Crippen molar-refractivity contribution in [2.24, 2.45) is 5.73 Å². The van der Waals surface area contributed by atoms with Crippen molar-refractivity contribution in [2.45, 2.75) is 24.5 Å². The van der Waals surface area contributed by atoms with Gasteiger partial charge in [0, 0.05) is 30.4 Å². The second-order valence-electron chi connectivity index (χ2n) is 6.94. The van der Waals surface area contributed by atoms with Crippen LogP contribution in [0.5, 0.6) is 0 Å². The van der Waals surface area contributed by atoms with Gasteiger partial charge in [-0.3, -0.25) is 0 Å². The Hall–Kier alpha value is -2.19. The third-order valence-electron chi connectivity index (χ3n) is 4.77. The Bertz CT molecular complexity index is 997. The van der Waals surface area contributed by atoms with Gasteiger partial charge in [-0.25, -0.2) is 13.1 Å². The van der Waals surface area contributed by atoms with Crippen LogP contribution in [-0.4, -0.2) is 40.0 Å². The number of benzene rings is 2. The summed E-state index contributed by atoms with van der Waals surface area (Å²) in [6, 6.07) is 15.6. The molecule has 0 amide bonds. The number of fused-ring (bicyclic) bond motifs is 1. The van der Waals surface area contributed by atoms with Gasteiger partial charge in [0.2, 0.25) is 5.09 Å². The molecule has 28 heavy (non-hydrogen) atoms. The van der Waals surface area contributed by atoms with E-state index in [1.54, 1.807) is 12.1 Å². The van der Waals surface area contributed by atoms with E-state index >= 15 is 0 Å². The first kappa shape index (κ1) is 20.5. The quantitative estimate of drug-likeness (QED) is 0.545. The van der Waals surface area contributed by atoms with E-state index in [2.05, 4.69) is 33.9 Å². The highest BCUT2D eigenvalue weighted by Gasteiger charge is 2.21. The van der Waals surface area contributed by atoms with Crippen molar-refractivity contribution < 1.29 is 12.8 Å². The van der Waals surface area contributed by atoms with Gasteiger partial charge in [0.05, 0.1) is 0 Å². The van der Waals surface area contributed by atoms with E-state index in [9.17, 15) is 8.42 Å². The average molecular weight is 402 g/mol. The summed E-state index contributed by atoms with van der Waals surface area (Å²) in [4.78, 5) is 2.12. The van der Waals surface area contributed by atoms with E-state index in [0.29, 0.717) is 25.0 Å². The summed E-state index contributed by atoms with van der Waals surface area (Å²) in [7, 11) is -1.67. The summed E-state index contributed by atoms with van der Waals surface area (Å²) in [6.45, 7) is 2.42. The highest BCUT2D eigenvalue weighted by Crippen LogP contribution is 2.24. The van der Waals surface area contributed by atoms with Crippen molar-refractivity contribution in [3.63, 3.8) is 0 Å². The summed E-state index contributed by atoms with van der Waals surface area (Å²) >= 11 is 0. The molecule has 0 aliphatic rings. The van der Waals surface area contributed by atoms with Crippen molar-refractivity contribution in [3.05, 3.63) is 65.9 Å². The second kappa shape index (κ2) is 9.34. The molecule has 150 valence electrons. The van der Waals surface area contributed by atoms with Crippen LogP contribution in [0.25, 0.3) is 10.8 Å². The van der Waals surface area contributed by atoms with E-state index in [0.717, 1.165) is 30.3 Å². The number of furan rings is 1. The lowest BCUT2D eigenvalue weighted by Gasteiger charge is -2.16.